The molecule has 0 aliphatic carbocycles. The Balaban J connectivity index is 2.25. The summed E-state index contributed by atoms with van der Waals surface area (Å²) in [5, 5.41) is 13.6. The number of morpholine rings is 1. The van der Waals surface area contributed by atoms with E-state index >= 15 is 0 Å². The van der Waals surface area contributed by atoms with Crippen molar-refractivity contribution in [3.8, 4) is 0 Å². The molecule has 1 aliphatic heterocycles. The van der Waals surface area contributed by atoms with Gasteiger partial charge in [0.05, 0.1) is 31.6 Å². The third kappa shape index (κ3) is 3.20. The van der Waals surface area contributed by atoms with Crippen LogP contribution in [0, 0.1) is 0 Å². The van der Waals surface area contributed by atoms with E-state index in [0.29, 0.717) is 13.2 Å². The molecule has 6 nitrogen and oxygen atoms in total. The van der Waals surface area contributed by atoms with Crippen molar-refractivity contribution in [1.82, 2.24) is 14.7 Å². The minimum Gasteiger partial charge on any atom is -0.394 e. The molecule has 0 amide bonds. The first-order chi connectivity index (χ1) is 9.56. The van der Waals surface area contributed by atoms with Crippen LogP contribution in [0.2, 0.25) is 0 Å². The van der Waals surface area contributed by atoms with Crippen LogP contribution in [0.4, 0.5) is 0 Å². The predicted octanol–water partition coefficient (Wildman–Crippen LogP) is 0.280. The van der Waals surface area contributed by atoms with Crippen molar-refractivity contribution in [2.75, 3.05) is 19.8 Å². The van der Waals surface area contributed by atoms with Crippen LogP contribution < -0.4 is 5.73 Å². The van der Waals surface area contributed by atoms with Gasteiger partial charge in [-0.15, -0.1) is 0 Å². The van der Waals surface area contributed by atoms with E-state index in [1.165, 1.54) is 0 Å². The van der Waals surface area contributed by atoms with Crippen molar-refractivity contribution >= 4 is 0 Å². The quantitative estimate of drug-likeness (QED) is 0.811. The SMILES string of the molecule is CCC(N)C(c1cnn(C)c1)N1CC(CO)OCC1C. The van der Waals surface area contributed by atoms with E-state index in [2.05, 4.69) is 23.8 Å². The molecule has 0 aromatic carbocycles. The lowest BCUT2D eigenvalue weighted by atomic mass is 9.96. The first-order valence-electron chi connectivity index (χ1n) is 7.29. The second kappa shape index (κ2) is 6.67. The van der Waals surface area contributed by atoms with Gasteiger partial charge >= 0.3 is 0 Å². The van der Waals surface area contributed by atoms with Crippen molar-refractivity contribution in [3.05, 3.63) is 18.0 Å². The molecule has 4 atom stereocenters. The Bertz CT molecular complexity index is 423. The standard InChI is InChI=1S/C14H26N4O2/c1-4-13(15)14(11-5-16-17(3)6-11)18-7-12(8-19)20-9-10(18)2/h5-6,10,12-14,19H,4,7-9,15H2,1-3H3. The van der Waals surface area contributed by atoms with Gasteiger partial charge in [0, 0.05) is 37.4 Å². The third-order valence-electron chi connectivity index (χ3n) is 4.06. The minimum atomic E-state index is -0.130. The number of hydrogen-bond donors (Lipinski definition) is 2. The number of aromatic nitrogens is 2. The van der Waals surface area contributed by atoms with Crippen LogP contribution in [0.3, 0.4) is 0 Å². The molecule has 20 heavy (non-hydrogen) atoms. The molecule has 114 valence electrons. The largest absolute Gasteiger partial charge is 0.394 e. The molecule has 0 radical (unpaired) electrons. The van der Waals surface area contributed by atoms with Crippen LogP contribution >= 0.6 is 0 Å². The summed E-state index contributed by atoms with van der Waals surface area (Å²) in [6.45, 7) is 5.61. The molecule has 0 bridgehead atoms. The van der Waals surface area contributed by atoms with Gasteiger partial charge in [-0.05, 0) is 13.3 Å². The summed E-state index contributed by atoms with van der Waals surface area (Å²) in [6.07, 6.45) is 4.68. The average molecular weight is 282 g/mol. The Hall–Kier alpha value is -0.950. The van der Waals surface area contributed by atoms with Gasteiger partial charge in [-0.3, -0.25) is 9.58 Å². The van der Waals surface area contributed by atoms with Gasteiger partial charge in [0.15, 0.2) is 0 Å². The number of nitrogens with zero attached hydrogens (tertiary/aromatic N) is 3. The molecule has 1 fully saturated rings. The molecule has 0 spiro atoms. The molecule has 2 heterocycles. The van der Waals surface area contributed by atoms with E-state index in [1.807, 2.05) is 19.4 Å². The first-order valence-corrected chi connectivity index (χ1v) is 7.29. The summed E-state index contributed by atoms with van der Waals surface area (Å²) in [6, 6.07) is 0.432. The van der Waals surface area contributed by atoms with Crippen molar-refractivity contribution in [1.29, 1.82) is 0 Å². The summed E-state index contributed by atoms with van der Waals surface area (Å²) in [5.41, 5.74) is 7.49. The summed E-state index contributed by atoms with van der Waals surface area (Å²) in [7, 11) is 1.91. The van der Waals surface area contributed by atoms with Gasteiger partial charge in [0.1, 0.15) is 0 Å². The van der Waals surface area contributed by atoms with Crippen molar-refractivity contribution in [2.45, 2.75) is 44.5 Å². The van der Waals surface area contributed by atoms with Crippen LogP contribution in [0.25, 0.3) is 0 Å². The molecule has 6 heteroatoms. The Labute approximate surface area is 120 Å². The van der Waals surface area contributed by atoms with Crippen LogP contribution in [-0.4, -0.2) is 57.7 Å². The maximum atomic E-state index is 9.35. The van der Waals surface area contributed by atoms with Crippen LogP contribution in [0.1, 0.15) is 31.9 Å². The van der Waals surface area contributed by atoms with E-state index < -0.39 is 0 Å². The Morgan fingerprint density at radius 2 is 2.35 bits per heavy atom. The number of aryl methyl sites for hydroxylation is 1. The maximum absolute atomic E-state index is 9.35. The Kier molecular flexibility index (Phi) is 5.15. The lowest BCUT2D eigenvalue weighted by molar-refractivity contribution is -0.0948. The van der Waals surface area contributed by atoms with Gasteiger partial charge in [-0.1, -0.05) is 6.92 Å². The molecule has 1 aromatic heterocycles. The van der Waals surface area contributed by atoms with Crippen molar-refractivity contribution < 1.29 is 9.84 Å². The molecular weight excluding hydrogens is 256 g/mol. The number of nitrogens with two attached hydrogens (primary N) is 1. The van der Waals surface area contributed by atoms with E-state index in [9.17, 15) is 5.11 Å². The number of hydrogen-bond acceptors (Lipinski definition) is 5. The average Bonchev–Trinajstić information content (AvgIpc) is 2.87. The number of ether oxygens (including phenoxy) is 1. The summed E-state index contributed by atoms with van der Waals surface area (Å²) >= 11 is 0. The highest BCUT2D eigenvalue weighted by Crippen LogP contribution is 2.29. The Morgan fingerprint density at radius 1 is 1.60 bits per heavy atom. The molecule has 4 unspecified atom stereocenters. The smallest absolute Gasteiger partial charge is 0.0933 e. The summed E-state index contributed by atoms with van der Waals surface area (Å²) in [4.78, 5) is 2.34. The highest BCUT2D eigenvalue weighted by molar-refractivity contribution is 5.14. The van der Waals surface area contributed by atoms with Gasteiger partial charge in [0.2, 0.25) is 0 Å². The maximum Gasteiger partial charge on any atom is 0.0933 e. The zero-order chi connectivity index (χ0) is 14.7. The van der Waals surface area contributed by atoms with Crippen LogP contribution in [0.5, 0.6) is 0 Å². The minimum absolute atomic E-state index is 0.0408. The van der Waals surface area contributed by atoms with E-state index in [4.69, 9.17) is 10.5 Å². The lowest BCUT2D eigenvalue weighted by Gasteiger charge is -2.44. The molecular formula is C14H26N4O2. The summed E-state index contributed by atoms with van der Waals surface area (Å²) < 4.78 is 7.43. The molecule has 1 aromatic rings. The highest BCUT2D eigenvalue weighted by Gasteiger charge is 2.35. The van der Waals surface area contributed by atoms with Crippen molar-refractivity contribution in [3.63, 3.8) is 0 Å². The molecule has 1 aliphatic rings. The lowest BCUT2D eigenvalue weighted by Crippen LogP contribution is -2.54. The summed E-state index contributed by atoms with van der Waals surface area (Å²) in [5.74, 6) is 0. The molecule has 3 N–H and O–H groups in total. The fourth-order valence-electron chi connectivity index (χ4n) is 2.84. The van der Waals surface area contributed by atoms with Crippen LogP contribution in [0.15, 0.2) is 12.4 Å². The van der Waals surface area contributed by atoms with Gasteiger partial charge in [-0.2, -0.15) is 5.10 Å². The third-order valence-corrected chi connectivity index (χ3v) is 4.06. The monoisotopic (exact) mass is 282 g/mol. The number of rotatable bonds is 5. The van der Waals surface area contributed by atoms with Gasteiger partial charge in [0.25, 0.3) is 0 Å². The van der Waals surface area contributed by atoms with E-state index in [-0.39, 0.29) is 30.8 Å². The molecule has 1 saturated heterocycles. The van der Waals surface area contributed by atoms with Gasteiger partial charge in [-0.25, -0.2) is 0 Å². The fraction of sp³-hybridized carbons (Fsp3) is 0.786. The normalized spacial score (nSPS) is 27.4. The number of aliphatic hydroxyl groups excluding tert-OH is 1. The molecule has 0 saturated carbocycles. The van der Waals surface area contributed by atoms with Gasteiger partial charge < -0.3 is 15.6 Å². The second-order valence-electron chi connectivity index (χ2n) is 5.65. The van der Waals surface area contributed by atoms with E-state index in [0.717, 1.165) is 12.0 Å². The fourth-order valence-corrected chi connectivity index (χ4v) is 2.84. The predicted molar refractivity (Wildman–Crippen MR) is 77.2 cm³/mol. The first kappa shape index (κ1) is 15.4. The number of aliphatic hydroxyl groups is 1. The van der Waals surface area contributed by atoms with E-state index in [1.54, 1.807) is 4.68 Å². The zero-order valence-electron chi connectivity index (χ0n) is 12.6. The zero-order valence-corrected chi connectivity index (χ0v) is 12.6. The van der Waals surface area contributed by atoms with Crippen LogP contribution in [-0.2, 0) is 11.8 Å². The second-order valence-corrected chi connectivity index (χ2v) is 5.65. The highest BCUT2D eigenvalue weighted by atomic mass is 16.5. The molecule has 2 rings (SSSR count). The topological polar surface area (TPSA) is 76.5 Å². The van der Waals surface area contributed by atoms with Crippen molar-refractivity contribution in [2.24, 2.45) is 12.8 Å². The Morgan fingerprint density at radius 3 is 2.90 bits per heavy atom.